The summed E-state index contributed by atoms with van der Waals surface area (Å²) in [5.74, 6) is 0.0919. The molecule has 5 nitrogen and oxygen atoms in total. The highest BCUT2D eigenvalue weighted by Gasteiger charge is 2.25. The number of hydrogen-bond donors (Lipinski definition) is 1. The highest BCUT2D eigenvalue weighted by molar-refractivity contribution is 6.00. The minimum absolute atomic E-state index is 0.0360. The number of hydrogen-bond acceptors (Lipinski definition) is 3. The van der Waals surface area contributed by atoms with Crippen molar-refractivity contribution in [2.45, 2.75) is 26.2 Å². The molecule has 0 radical (unpaired) electrons. The number of primary amides is 1. The van der Waals surface area contributed by atoms with Crippen molar-refractivity contribution in [3.8, 4) is 5.75 Å². The molecule has 2 aromatic rings. The fourth-order valence-electron chi connectivity index (χ4n) is 3.16. The van der Waals surface area contributed by atoms with Crippen LogP contribution in [0.1, 0.15) is 34.8 Å². The molecule has 2 N–H and O–H groups in total. The summed E-state index contributed by atoms with van der Waals surface area (Å²) < 4.78 is 5.63. The van der Waals surface area contributed by atoms with E-state index in [1.54, 1.807) is 17.0 Å². The van der Waals surface area contributed by atoms with Gasteiger partial charge in [-0.15, -0.1) is 0 Å². The number of anilines is 1. The summed E-state index contributed by atoms with van der Waals surface area (Å²) in [6.45, 7) is 2.67. The van der Waals surface area contributed by atoms with Gasteiger partial charge in [-0.25, -0.2) is 0 Å². The van der Waals surface area contributed by atoms with Gasteiger partial charge in [0.15, 0.2) is 6.61 Å². The summed E-state index contributed by atoms with van der Waals surface area (Å²) in [4.78, 5) is 25.9. The van der Waals surface area contributed by atoms with Crippen LogP contribution in [0.3, 0.4) is 0 Å². The number of rotatable bonds is 5. The van der Waals surface area contributed by atoms with Gasteiger partial charge in [0, 0.05) is 17.8 Å². The third-order valence-corrected chi connectivity index (χ3v) is 4.51. The van der Waals surface area contributed by atoms with Gasteiger partial charge in [-0.2, -0.15) is 0 Å². The summed E-state index contributed by atoms with van der Waals surface area (Å²) in [7, 11) is 0. The van der Waals surface area contributed by atoms with Crippen LogP contribution >= 0.6 is 0 Å². The Balaban J connectivity index is 1.73. The van der Waals surface area contributed by atoms with Crippen LogP contribution in [0.25, 0.3) is 0 Å². The molecule has 0 unspecified atom stereocenters. The van der Waals surface area contributed by atoms with Crippen molar-refractivity contribution in [3.63, 3.8) is 0 Å². The van der Waals surface area contributed by atoms with Gasteiger partial charge in [0.2, 0.25) is 5.91 Å². The molecule has 0 saturated carbocycles. The third-order valence-electron chi connectivity index (χ3n) is 4.51. The van der Waals surface area contributed by atoms with E-state index in [0.29, 0.717) is 17.9 Å². The molecule has 130 valence electrons. The lowest BCUT2D eigenvalue weighted by Crippen LogP contribution is -2.39. The molecule has 0 bridgehead atoms. The number of aryl methyl sites for hydroxylation is 1. The van der Waals surface area contributed by atoms with Crippen molar-refractivity contribution in [2.75, 3.05) is 18.1 Å². The Bertz CT molecular complexity index is 784. The van der Waals surface area contributed by atoms with E-state index in [2.05, 4.69) is 6.92 Å². The molecule has 2 amide bonds. The van der Waals surface area contributed by atoms with E-state index in [1.807, 2.05) is 30.3 Å². The maximum Gasteiger partial charge on any atom is 0.264 e. The molecule has 1 aliphatic rings. The van der Waals surface area contributed by atoms with E-state index in [1.165, 1.54) is 5.56 Å². The minimum Gasteiger partial charge on any atom is -0.484 e. The Morgan fingerprint density at radius 2 is 1.92 bits per heavy atom. The van der Waals surface area contributed by atoms with Gasteiger partial charge in [-0.05, 0) is 54.7 Å². The van der Waals surface area contributed by atoms with E-state index >= 15 is 0 Å². The number of fused-ring (bicyclic) bond motifs is 1. The molecular weight excluding hydrogens is 316 g/mol. The molecule has 2 aromatic carbocycles. The van der Waals surface area contributed by atoms with Crippen molar-refractivity contribution in [3.05, 3.63) is 59.2 Å². The van der Waals surface area contributed by atoms with Gasteiger partial charge >= 0.3 is 0 Å². The number of ether oxygens (including phenoxy) is 1. The van der Waals surface area contributed by atoms with Crippen molar-refractivity contribution < 1.29 is 14.3 Å². The van der Waals surface area contributed by atoms with E-state index in [-0.39, 0.29) is 12.5 Å². The van der Waals surface area contributed by atoms with Crippen LogP contribution in [0.2, 0.25) is 0 Å². The minimum atomic E-state index is -0.460. The number of benzene rings is 2. The number of nitrogens with two attached hydrogens (primary N) is 1. The van der Waals surface area contributed by atoms with Crippen LogP contribution in [0.15, 0.2) is 42.5 Å². The largest absolute Gasteiger partial charge is 0.484 e. The van der Waals surface area contributed by atoms with Crippen LogP contribution in [0.5, 0.6) is 5.75 Å². The van der Waals surface area contributed by atoms with Crippen LogP contribution in [-0.2, 0) is 17.6 Å². The average Bonchev–Trinajstić information content (AvgIpc) is 2.65. The molecule has 0 atom stereocenters. The molecule has 0 spiro atoms. The maximum absolute atomic E-state index is 12.6. The summed E-state index contributed by atoms with van der Waals surface area (Å²) in [6, 6.07) is 13.1. The lowest BCUT2D eigenvalue weighted by atomic mass is 9.96. The zero-order valence-corrected chi connectivity index (χ0v) is 14.3. The van der Waals surface area contributed by atoms with Crippen LogP contribution in [0, 0.1) is 0 Å². The first-order valence-corrected chi connectivity index (χ1v) is 8.54. The number of carbonyl (C=O) groups excluding carboxylic acids is 2. The fraction of sp³-hybridized carbons (Fsp3) is 0.300. The second kappa shape index (κ2) is 7.38. The van der Waals surface area contributed by atoms with Crippen LogP contribution in [0.4, 0.5) is 5.69 Å². The molecule has 3 rings (SSSR count). The maximum atomic E-state index is 12.6. The Morgan fingerprint density at radius 1 is 1.16 bits per heavy atom. The molecular formula is C20H22N2O3. The number of carbonyl (C=O) groups is 2. The highest BCUT2D eigenvalue weighted by Crippen LogP contribution is 2.30. The van der Waals surface area contributed by atoms with E-state index in [9.17, 15) is 9.59 Å². The Kier molecular flexibility index (Phi) is 5.03. The van der Waals surface area contributed by atoms with Gasteiger partial charge in [-0.1, -0.05) is 25.1 Å². The Labute approximate surface area is 147 Å². The van der Waals surface area contributed by atoms with E-state index in [4.69, 9.17) is 10.5 Å². The van der Waals surface area contributed by atoms with Gasteiger partial charge < -0.3 is 15.4 Å². The van der Waals surface area contributed by atoms with Crippen molar-refractivity contribution >= 4 is 17.5 Å². The average molecular weight is 338 g/mol. The lowest BCUT2D eigenvalue weighted by Gasteiger charge is -2.30. The quantitative estimate of drug-likeness (QED) is 0.911. The molecule has 0 aliphatic carbocycles. The van der Waals surface area contributed by atoms with Crippen LogP contribution in [-0.4, -0.2) is 25.0 Å². The summed E-state index contributed by atoms with van der Waals surface area (Å²) in [5, 5.41) is 0. The monoisotopic (exact) mass is 338 g/mol. The fourth-order valence-corrected chi connectivity index (χ4v) is 3.16. The lowest BCUT2D eigenvalue weighted by molar-refractivity contribution is -0.120. The first-order valence-electron chi connectivity index (χ1n) is 8.54. The van der Waals surface area contributed by atoms with E-state index in [0.717, 1.165) is 30.5 Å². The predicted molar refractivity (Wildman–Crippen MR) is 96.9 cm³/mol. The topological polar surface area (TPSA) is 72.6 Å². The van der Waals surface area contributed by atoms with Crippen LogP contribution < -0.4 is 15.4 Å². The molecule has 1 heterocycles. The predicted octanol–water partition coefficient (Wildman–Crippen LogP) is 2.71. The SMILES string of the molecule is CCc1ccc(OCC(=O)N2CCCc3c(C(N)=O)cccc32)cc1. The van der Waals surface area contributed by atoms with Gasteiger partial charge in [-0.3, -0.25) is 9.59 Å². The third kappa shape index (κ3) is 3.65. The highest BCUT2D eigenvalue weighted by atomic mass is 16.5. The van der Waals surface area contributed by atoms with E-state index < -0.39 is 5.91 Å². The van der Waals surface area contributed by atoms with Crippen molar-refractivity contribution in [1.29, 1.82) is 0 Å². The summed E-state index contributed by atoms with van der Waals surface area (Å²) >= 11 is 0. The molecule has 25 heavy (non-hydrogen) atoms. The molecule has 0 saturated heterocycles. The number of amides is 2. The Hall–Kier alpha value is -2.82. The normalized spacial score (nSPS) is 13.2. The summed E-state index contributed by atoms with van der Waals surface area (Å²) in [5.41, 5.74) is 8.78. The van der Waals surface area contributed by atoms with Crippen molar-refractivity contribution in [1.82, 2.24) is 0 Å². The molecule has 0 aromatic heterocycles. The molecule has 5 heteroatoms. The zero-order valence-electron chi connectivity index (χ0n) is 14.3. The van der Waals surface area contributed by atoms with Crippen molar-refractivity contribution in [2.24, 2.45) is 5.73 Å². The Morgan fingerprint density at radius 3 is 2.60 bits per heavy atom. The van der Waals surface area contributed by atoms with Gasteiger partial charge in [0.25, 0.3) is 5.91 Å². The second-order valence-corrected chi connectivity index (χ2v) is 6.10. The molecule has 1 aliphatic heterocycles. The number of nitrogens with zero attached hydrogens (tertiary/aromatic N) is 1. The standard InChI is InChI=1S/C20H22N2O3/c1-2-14-8-10-15(11-9-14)25-13-19(23)22-12-4-6-16-17(20(21)24)5-3-7-18(16)22/h3,5,7-11H,2,4,6,12-13H2,1H3,(H2,21,24). The zero-order chi connectivity index (χ0) is 17.8. The molecule has 0 fully saturated rings. The second-order valence-electron chi connectivity index (χ2n) is 6.10. The van der Waals surface area contributed by atoms with Gasteiger partial charge in [0.1, 0.15) is 5.75 Å². The first-order chi connectivity index (χ1) is 12.1. The summed E-state index contributed by atoms with van der Waals surface area (Å²) in [6.07, 6.45) is 2.51. The smallest absolute Gasteiger partial charge is 0.264 e. The van der Waals surface area contributed by atoms with Gasteiger partial charge in [0.05, 0.1) is 0 Å². The first kappa shape index (κ1) is 17.0.